The van der Waals surface area contributed by atoms with Gasteiger partial charge in [-0.05, 0) is 36.5 Å². The Morgan fingerprint density at radius 2 is 0.423 bits per heavy atom. The number of hydrogen-bond donors (Lipinski definition) is 0. The van der Waals surface area contributed by atoms with Gasteiger partial charge in [-0.25, -0.2) is 0 Å². The predicted octanol–water partition coefficient (Wildman–Crippen LogP) is -8.87. The van der Waals surface area contributed by atoms with Crippen LogP contribution in [-0.2, 0) is 28.8 Å². The Morgan fingerprint density at radius 3 is 0.462 bits per heavy atom. The van der Waals surface area contributed by atoms with Crippen LogP contribution in [0.3, 0.4) is 0 Å². The molecule has 0 aromatic carbocycles. The monoisotopic (exact) mass is 648 g/mol. The van der Waals surface area contributed by atoms with Gasteiger partial charge in [-0.1, -0.05) is 0 Å². The van der Waals surface area contributed by atoms with E-state index < -0.39 is 35.8 Å². The van der Waals surface area contributed by atoms with Gasteiger partial charge in [-0.15, -0.1) is 0 Å². The van der Waals surface area contributed by atoms with Crippen molar-refractivity contribution in [1.29, 1.82) is 0 Å². The second-order valence-electron chi connectivity index (χ2n) is 2.91. The quantitative estimate of drug-likeness (QED) is 0.245. The van der Waals surface area contributed by atoms with Crippen LogP contribution in [0.15, 0.2) is 36.5 Å². The zero-order chi connectivity index (χ0) is 19.7. The van der Waals surface area contributed by atoms with E-state index in [1.807, 2.05) is 0 Å². The first kappa shape index (κ1) is 36.2. The van der Waals surface area contributed by atoms with E-state index in [2.05, 4.69) is 0 Å². The van der Waals surface area contributed by atoms with Gasteiger partial charge in [0.05, 0.1) is 35.8 Å². The summed E-state index contributed by atoms with van der Waals surface area (Å²) in [6, 6.07) is 0. The molecule has 0 rings (SSSR count). The molecule has 0 heterocycles. The Hall–Kier alpha value is -0.791. The average molecular weight is 646 g/mol. The molecule has 140 valence electrons. The number of carbonyl (C=O) groups excluding carboxylic acids is 6. The molecule has 0 aliphatic rings. The van der Waals surface area contributed by atoms with Crippen molar-refractivity contribution in [3.05, 3.63) is 36.5 Å². The fraction of sp³-hybridized carbons (Fsp3) is 0. The molecule has 0 aliphatic heterocycles. The molecule has 0 aliphatic carbocycles. The zero-order valence-corrected chi connectivity index (χ0v) is 17.0. The third kappa shape index (κ3) is 56.7. The summed E-state index contributed by atoms with van der Waals surface area (Å²) < 4.78 is 0. The molecule has 0 radical (unpaired) electrons. The standard InChI is InChI=1S/3C4H4O4.2Eu/c3*5-3(6)1-2-4(7)8;;/h3*1-2H,(H,5,6)(H,7,8);;/q;;;2*+3/p-6/b3*2-1-;;. The zero-order valence-electron chi connectivity index (χ0n) is 12.1. The van der Waals surface area contributed by atoms with Crippen LogP contribution in [0.2, 0.25) is 0 Å². The van der Waals surface area contributed by atoms with Crippen LogP contribution in [0.4, 0.5) is 0 Å². The van der Waals surface area contributed by atoms with Crippen molar-refractivity contribution in [3.63, 3.8) is 0 Å². The molecule has 0 saturated heterocycles. The van der Waals surface area contributed by atoms with Gasteiger partial charge >= 0.3 is 98.8 Å². The van der Waals surface area contributed by atoms with Crippen molar-refractivity contribution in [2.24, 2.45) is 0 Å². The van der Waals surface area contributed by atoms with Crippen molar-refractivity contribution < 1.29 is 158 Å². The van der Waals surface area contributed by atoms with E-state index in [9.17, 15) is 59.4 Å². The van der Waals surface area contributed by atoms with Crippen molar-refractivity contribution >= 4 is 35.8 Å². The van der Waals surface area contributed by atoms with Crippen LogP contribution in [0, 0.1) is 98.8 Å². The molecule has 0 saturated carbocycles. The molecule has 0 unspecified atom stereocenters. The topological polar surface area (TPSA) is 241 Å². The van der Waals surface area contributed by atoms with Crippen LogP contribution in [0.1, 0.15) is 0 Å². The Labute approximate surface area is 227 Å². The van der Waals surface area contributed by atoms with Crippen molar-refractivity contribution in [1.82, 2.24) is 0 Å². The van der Waals surface area contributed by atoms with Crippen LogP contribution in [-0.4, -0.2) is 35.8 Å². The smallest absolute Gasteiger partial charge is 0.545 e. The Kier molecular flexibility index (Phi) is 33.7. The number of rotatable bonds is 6. The molecule has 0 fully saturated rings. The minimum absolute atomic E-state index is 0. The van der Waals surface area contributed by atoms with Gasteiger partial charge in [0, 0.05) is 0 Å². The van der Waals surface area contributed by atoms with E-state index in [0.29, 0.717) is 36.5 Å². The summed E-state index contributed by atoms with van der Waals surface area (Å²) in [4.78, 5) is 56.5. The van der Waals surface area contributed by atoms with E-state index in [0.717, 1.165) is 0 Å². The number of carboxylic acid groups (broad SMARTS) is 6. The summed E-state index contributed by atoms with van der Waals surface area (Å²) >= 11 is 0. The van der Waals surface area contributed by atoms with Crippen LogP contribution < -0.4 is 30.6 Å². The maximum Gasteiger partial charge on any atom is 3.00 e. The normalized spacial score (nSPS) is 8.77. The summed E-state index contributed by atoms with van der Waals surface area (Å²) in [7, 11) is 0. The Morgan fingerprint density at radius 1 is 0.346 bits per heavy atom. The molecule has 0 N–H and O–H groups in total. The van der Waals surface area contributed by atoms with Gasteiger partial charge in [-0.2, -0.15) is 0 Å². The van der Waals surface area contributed by atoms with Crippen LogP contribution in [0.25, 0.3) is 0 Å². The Balaban J connectivity index is -0.0000000817. The summed E-state index contributed by atoms with van der Waals surface area (Å²) in [5.74, 6) is -9.28. The second-order valence-corrected chi connectivity index (χ2v) is 2.91. The third-order valence-corrected chi connectivity index (χ3v) is 1.07. The van der Waals surface area contributed by atoms with Crippen LogP contribution >= 0.6 is 0 Å². The van der Waals surface area contributed by atoms with E-state index in [4.69, 9.17) is 0 Å². The molecular weight excluding hydrogens is 640 g/mol. The first-order valence-corrected chi connectivity index (χ1v) is 5.18. The minimum Gasteiger partial charge on any atom is -0.545 e. The summed E-state index contributed by atoms with van der Waals surface area (Å²) in [5.41, 5.74) is 0. The maximum atomic E-state index is 9.41. The van der Waals surface area contributed by atoms with Crippen LogP contribution in [0.5, 0.6) is 0 Å². The first-order valence-electron chi connectivity index (χ1n) is 5.18. The molecule has 0 aromatic heterocycles. The summed E-state index contributed by atoms with van der Waals surface area (Å²) in [6.07, 6.45) is 2.31. The minimum atomic E-state index is -1.55. The number of carboxylic acids is 6. The van der Waals surface area contributed by atoms with Gasteiger partial charge in [-0.3, -0.25) is 0 Å². The molecular formula is C12H6Eu2O12. The SMILES string of the molecule is O=C([O-])/C=C\C(=O)[O-].O=C([O-])/C=C\C(=O)[O-].O=C([O-])/C=C\C(=O)[O-].[Eu+3].[Eu+3]. The fourth-order valence-electron chi connectivity index (χ4n) is 0.408. The van der Waals surface area contributed by atoms with E-state index >= 15 is 0 Å². The fourth-order valence-corrected chi connectivity index (χ4v) is 0.408. The molecule has 26 heavy (non-hydrogen) atoms. The van der Waals surface area contributed by atoms with E-state index in [1.54, 1.807) is 0 Å². The molecule has 0 amide bonds. The largest absolute Gasteiger partial charge is 3.00 e. The number of carbonyl (C=O) groups is 6. The maximum absolute atomic E-state index is 9.41. The van der Waals surface area contributed by atoms with Gasteiger partial charge in [0.25, 0.3) is 0 Å². The molecule has 14 heteroatoms. The molecule has 0 aromatic rings. The van der Waals surface area contributed by atoms with E-state index in [1.165, 1.54) is 0 Å². The van der Waals surface area contributed by atoms with E-state index in [-0.39, 0.29) is 98.8 Å². The summed E-state index contributed by atoms with van der Waals surface area (Å²) in [6.45, 7) is 0. The van der Waals surface area contributed by atoms with Crippen molar-refractivity contribution in [2.75, 3.05) is 0 Å². The van der Waals surface area contributed by atoms with Crippen molar-refractivity contribution in [2.45, 2.75) is 0 Å². The molecule has 0 atom stereocenters. The second kappa shape index (κ2) is 24.2. The average Bonchev–Trinajstić information content (AvgIpc) is 2.42. The predicted molar refractivity (Wildman–Crippen MR) is 57.5 cm³/mol. The first-order chi connectivity index (χ1) is 10.9. The molecule has 12 nitrogen and oxygen atoms in total. The molecule has 0 spiro atoms. The number of hydrogen-bond acceptors (Lipinski definition) is 12. The van der Waals surface area contributed by atoms with Crippen molar-refractivity contribution in [3.8, 4) is 0 Å². The Bertz CT molecular complexity index is 448. The van der Waals surface area contributed by atoms with Gasteiger partial charge in [0.15, 0.2) is 0 Å². The van der Waals surface area contributed by atoms with Gasteiger partial charge < -0.3 is 59.4 Å². The third-order valence-electron chi connectivity index (χ3n) is 1.07. The summed E-state index contributed by atoms with van der Waals surface area (Å²) in [5, 5.41) is 56.5. The van der Waals surface area contributed by atoms with Gasteiger partial charge in [0.2, 0.25) is 0 Å². The number of aliphatic carboxylic acids is 6. The molecule has 0 bridgehead atoms. The van der Waals surface area contributed by atoms with Gasteiger partial charge in [0.1, 0.15) is 0 Å².